The van der Waals surface area contributed by atoms with Crippen molar-refractivity contribution in [1.82, 2.24) is 14.9 Å². The molecule has 0 aliphatic rings. The molecule has 0 aliphatic carbocycles. The molecule has 0 saturated carbocycles. The van der Waals surface area contributed by atoms with Gasteiger partial charge in [-0.1, -0.05) is 0 Å². The van der Waals surface area contributed by atoms with E-state index in [0.29, 0.717) is 0 Å². The summed E-state index contributed by atoms with van der Waals surface area (Å²) in [6.07, 6.45) is 5.72. The largest absolute Gasteiger partial charge is 0.341 e. The van der Waals surface area contributed by atoms with E-state index < -0.39 is 0 Å². The van der Waals surface area contributed by atoms with E-state index in [1.54, 1.807) is 0 Å². The van der Waals surface area contributed by atoms with Gasteiger partial charge in [-0.2, -0.15) is 0 Å². The lowest BCUT2D eigenvalue weighted by molar-refractivity contribution is 0.400. The molecule has 0 radical (unpaired) electrons. The summed E-state index contributed by atoms with van der Waals surface area (Å²) in [4.78, 5) is 13.3. The zero-order chi connectivity index (χ0) is 14.3. The molecule has 0 fully saturated rings. The number of nitrogens with zero attached hydrogens (tertiary/aromatic N) is 4. The van der Waals surface area contributed by atoms with Crippen molar-refractivity contribution < 1.29 is 0 Å². The van der Waals surface area contributed by atoms with Crippen molar-refractivity contribution in [2.45, 2.75) is 32.7 Å². The van der Waals surface area contributed by atoms with Crippen molar-refractivity contribution in [2.75, 3.05) is 38.6 Å². The Morgan fingerprint density at radius 3 is 2.32 bits per heavy atom. The first-order chi connectivity index (χ1) is 9.02. The number of anilines is 1. The Hall–Kier alpha value is -1.20. The summed E-state index contributed by atoms with van der Waals surface area (Å²) < 4.78 is 0. The van der Waals surface area contributed by atoms with Crippen molar-refractivity contribution in [3.8, 4) is 0 Å². The van der Waals surface area contributed by atoms with Gasteiger partial charge in [-0.05, 0) is 52.9 Å². The molecule has 1 aromatic rings. The van der Waals surface area contributed by atoms with Crippen LogP contribution >= 0.6 is 0 Å². The number of hydrogen-bond acceptors (Lipinski definition) is 5. The van der Waals surface area contributed by atoms with Crippen LogP contribution in [0.15, 0.2) is 12.4 Å². The van der Waals surface area contributed by atoms with Gasteiger partial charge >= 0.3 is 0 Å². The molecule has 2 N–H and O–H groups in total. The molecule has 0 amide bonds. The van der Waals surface area contributed by atoms with Gasteiger partial charge in [0.2, 0.25) is 5.95 Å². The smallest absolute Gasteiger partial charge is 0.225 e. The van der Waals surface area contributed by atoms with Gasteiger partial charge in [0.15, 0.2) is 0 Å². The standard InChI is InChI=1S/C14H27N5/c1-5-19(8-6-7-18(3)4)14-16-10-13(11-17-14)9-12(2)15/h10-12H,5-9,15H2,1-4H3. The van der Waals surface area contributed by atoms with Crippen LogP contribution < -0.4 is 10.6 Å². The van der Waals surface area contributed by atoms with Crippen LogP contribution in [0.1, 0.15) is 25.8 Å². The van der Waals surface area contributed by atoms with E-state index in [1.807, 2.05) is 19.3 Å². The monoisotopic (exact) mass is 265 g/mol. The SMILES string of the molecule is CCN(CCCN(C)C)c1ncc(CC(C)N)cn1. The Balaban J connectivity index is 2.55. The molecule has 108 valence electrons. The molecule has 19 heavy (non-hydrogen) atoms. The fraction of sp³-hybridized carbons (Fsp3) is 0.714. The van der Waals surface area contributed by atoms with Crippen LogP contribution in [0.4, 0.5) is 5.95 Å². The van der Waals surface area contributed by atoms with E-state index in [0.717, 1.165) is 44.0 Å². The lowest BCUT2D eigenvalue weighted by Crippen LogP contribution is -2.28. The first-order valence-corrected chi connectivity index (χ1v) is 6.99. The third-order valence-electron chi connectivity index (χ3n) is 2.95. The maximum atomic E-state index is 5.77. The number of aromatic nitrogens is 2. The number of nitrogens with two attached hydrogens (primary N) is 1. The maximum absolute atomic E-state index is 5.77. The molecule has 1 atom stereocenters. The molecular weight excluding hydrogens is 238 g/mol. The van der Waals surface area contributed by atoms with Crippen molar-refractivity contribution >= 4 is 5.95 Å². The summed E-state index contributed by atoms with van der Waals surface area (Å²) in [6, 6.07) is 0.150. The predicted molar refractivity (Wildman–Crippen MR) is 80.4 cm³/mol. The summed E-state index contributed by atoms with van der Waals surface area (Å²) in [6.45, 7) is 7.13. The molecule has 1 rings (SSSR count). The van der Waals surface area contributed by atoms with Gasteiger partial charge in [-0.25, -0.2) is 9.97 Å². The molecule has 0 bridgehead atoms. The quantitative estimate of drug-likeness (QED) is 0.764. The van der Waals surface area contributed by atoms with E-state index in [4.69, 9.17) is 5.73 Å². The fourth-order valence-corrected chi connectivity index (χ4v) is 1.97. The van der Waals surface area contributed by atoms with Crippen LogP contribution in [0.2, 0.25) is 0 Å². The first kappa shape index (κ1) is 15.9. The molecule has 1 heterocycles. The zero-order valence-corrected chi connectivity index (χ0v) is 12.6. The second kappa shape index (κ2) is 8.07. The molecule has 0 aromatic carbocycles. The Labute approximate surface area is 116 Å². The summed E-state index contributed by atoms with van der Waals surface area (Å²) in [5, 5.41) is 0. The summed E-state index contributed by atoms with van der Waals surface area (Å²) in [5.74, 6) is 0.815. The van der Waals surface area contributed by atoms with Gasteiger partial charge in [-0.15, -0.1) is 0 Å². The minimum Gasteiger partial charge on any atom is -0.341 e. The molecule has 5 heteroatoms. The average molecular weight is 265 g/mol. The van der Waals surface area contributed by atoms with Gasteiger partial charge in [0.1, 0.15) is 0 Å². The van der Waals surface area contributed by atoms with E-state index in [9.17, 15) is 0 Å². The third-order valence-corrected chi connectivity index (χ3v) is 2.95. The van der Waals surface area contributed by atoms with Gasteiger partial charge < -0.3 is 15.5 Å². The van der Waals surface area contributed by atoms with Gasteiger partial charge in [0.05, 0.1) is 0 Å². The molecule has 0 spiro atoms. The average Bonchev–Trinajstić information content (AvgIpc) is 2.35. The number of hydrogen-bond donors (Lipinski definition) is 1. The highest BCUT2D eigenvalue weighted by Gasteiger charge is 2.08. The Kier molecular flexibility index (Phi) is 6.73. The molecule has 1 aromatic heterocycles. The molecule has 1 unspecified atom stereocenters. The van der Waals surface area contributed by atoms with E-state index >= 15 is 0 Å². The Morgan fingerprint density at radius 1 is 1.21 bits per heavy atom. The second-order valence-corrected chi connectivity index (χ2v) is 5.31. The third kappa shape index (κ3) is 5.98. The Morgan fingerprint density at radius 2 is 1.84 bits per heavy atom. The van der Waals surface area contributed by atoms with E-state index in [1.165, 1.54) is 0 Å². The fourth-order valence-electron chi connectivity index (χ4n) is 1.97. The van der Waals surface area contributed by atoms with E-state index in [-0.39, 0.29) is 6.04 Å². The summed E-state index contributed by atoms with van der Waals surface area (Å²) in [7, 11) is 4.19. The Bertz CT molecular complexity index is 347. The van der Waals surface area contributed by atoms with Crippen molar-refractivity contribution in [2.24, 2.45) is 5.73 Å². The summed E-state index contributed by atoms with van der Waals surface area (Å²) >= 11 is 0. The van der Waals surface area contributed by atoms with Gasteiger partial charge in [0, 0.05) is 31.5 Å². The van der Waals surface area contributed by atoms with Crippen LogP contribution in [0, 0.1) is 0 Å². The van der Waals surface area contributed by atoms with Crippen molar-refractivity contribution in [1.29, 1.82) is 0 Å². The number of rotatable bonds is 8. The zero-order valence-electron chi connectivity index (χ0n) is 12.6. The highest BCUT2D eigenvalue weighted by Crippen LogP contribution is 2.08. The minimum atomic E-state index is 0.150. The minimum absolute atomic E-state index is 0.150. The van der Waals surface area contributed by atoms with Crippen LogP contribution in [0.3, 0.4) is 0 Å². The highest BCUT2D eigenvalue weighted by atomic mass is 15.2. The lowest BCUT2D eigenvalue weighted by atomic mass is 10.1. The van der Waals surface area contributed by atoms with Crippen LogP contribution in [0.25, 0.3) is 0 Å². The molecule has 0 aliphatic heterocycles. The summed E-state index contributed by atoms with van der Waals surface area (Å²) in [5.41, 5.74) is 6.87. The first-order valence-electron chi connectivity index (χ1n) is 6.99. The van der Waals surface area contributed by atoms with Crippen molar-refractivity contribution in [3.05, 3.63) is 18.0 Å². The maximum Gasteiger partial charge on any atom is 0.225 e. The topological polar surface area (TPSA) is 58.3 Å². The lowest BCUT2D eigenvalue weighted by Gasteiger charge is -2.21. The highest BCUT2D eigenvalue weighted by molar-refractivity contribution is 5.29. The predicted octanol–water partition coefficient (Wildman–Crippen LogP) is 1.14. The second-order valence-electron chi connectivity index (χ2n) is 5.31. The van der Waals surface area contributed by atoms with Gasteiger partial charge in [-0.3, -0.25) is 0 Å². The van der Waals surface area contributed by atoms with Crippen molar-refractivity contribution in [3.63, 3.8) is 0 Å². The van der Waals surface area contributed by atoms with Crippen LogP contribution in [0.5, 0.6) is 0 Å². The van der Waals surface area contributed by atoms with Crippen LogP contribution in [-0.2, 0) is 6.42 Å². The normalized spacial score (nSPS) is 12.7. The van der Waals surface area contributed by atoms with Crippen LogP contribution in [-0.4, -0.2) is 54.6 Å². The van der Waals surface area contributed by atoms with Gasteiger partial charge in [0.25, 0.3) is 0 Å². The molecular formula is C14H27N5. The molecule has 0 saturated heterocycles. The molecule has 5 nitrogen and oxygen atoms in total. The van der Waals surface area contributed by atoms with E-state index in [2.05, 4.69) is 40.8 Å².